The summed E-state index contributed by atoms with van der Waals surface area (Å²) < 4.78 is 1.94. The van der Waals surface area contributed by atoms with Gasteiger partial charge in [-0.3, -0.25) is 9.48 Å². The molecule has 1 aromatic heterocycles. The summed E-state index contributed by atoms with van der Waals surface area (Å²) in [5.74, 6) is 0.143. The number of halogens is 1. The Morgan fingerprint density at radius 2 is 2.24 bits per heavy atom. The summed E-state index contributed by atoms with van der Waals surface area (Å²) in [4.78, 5) is 11.2. The predicted octanol–water partition coefficient (Wildman–Crippen LogP) is 3.08. The molecule has 17 heavy (non-hydrogen) atoms. The fourth-order valence-electron chi connectivity index (χ4n) is 2.25. The molecule has 1 aliphatic carbocycles. The van der Waals surface area contributed by atoms with Crippen LogP contribution >= 0.6 is 11.6 Å². The number of nitrogens with one attached hydrogen (secondary N) is 1. The number of carbonyl (C=O) groups is 1. The van der Waals surface area contributed by atoms with Crippen LogP contribution in [0.5, 0.6) is 0 Å². The van der Waals surface area contributed by atoms with Crippen molar-refractivity contribution < 1.29 is 4.79 Å². The molecule has 4 nitrogen and oxygen atoms in total. The predicted molar refractivity (Wildman–Crippen MR) is 68.3 cm³/mol. The van der Waals surface area contributed by atoms with Crippen LogP contribution in [0.2, 0.25) is 5.02 Å². The number of aromatic nitrogens is 2. The van der Waals surface area contributed by atoms with E-state index in [1.807, 2.05) is 11.6 Å². The highest BCUT2D eigenvalue weighted by molar-refractivity contribution is 6.34. The van der Waals surface area contributed by atoms with E-state index in [0.29, 0.717) is 16.9 Å². The summed E-state index contributed by atoms with van der Waals surface area (Å²) in [5.41, 5.74) is 0.915. The number of amides is 1. The number of rotatable bonds is 3. The molecule has 0 radical (unpaired) electrons. The Morgan fingerprint density at radius 1 is 1.59 bits per heavy atom. The molecule has 92 valence electrons. The molecule has 1 fully saturated rings. The smallest absolute Gasteiger partial charge is 0.249 e. The molecule has 2 rings (SSSR count). The van der Waals surface area contributed by atoms with Crippen LogP contribution in [0.3, 0.4) is 0 Å². The third-order valence-electron chi connectivity index (χ3n) is 3.17. The van der Waals surface area contributed by atoms with E-state index in [1.54, 1.807) is 0 Å². The Labute approximate surface area is 106 Å². The summed E-state index contributed by atoms with van der Waals surface area (Å²) in [5, 5.41) is 7.53. The fourth-order valence-corrected chi connectivity index (χ4v) is 2.42. The van der Waals surface area contributed by atoms with Crippen LogP contribution < -0.4 is 5.32 Å². The minimum Gasteiger partial charge on any atom is -0.304 e. The molecular weight excluding hydrogens is 238 g/mol. The molecule has 0 aliphatic heterocycles. The maximum absolute atomic E-state index is 11.2. The molecule has 0 unspecified atom stereocenters. The monoisotopic (exact) mass is 253 g/mol. The Balaban J connectivity index is 2.26. The molecule has 1 aromatic rings. The third kappa shape index (κ3) is 2.36. The number of carbonyl (C=O) groups excluding carboxylic acids is 1. The minimum atomic E-state index is -0.289. The van der Waals surface area contributed by atoms with Gasteiger partial charge in [0, 0.05) is 0 Å². The standard InChI is InChI=1S/C12H16ClN3O/c1-3-10(17)14-12-11(13)8(2)16(15-12)9-6-4-5-7-9/h3,9H,1,4-7H2,2H3,(H,14,15,17). The van der Waals surface area contributed by atoms with Gasteiger partial charge in [0.15, 0.2) is 5.82 Å². The summed E-state index contributed by atoms with van der Waals surface area (Å²) in [7, 11) is 0. The van der Waals surface area contributed by atoms with Crippen LogP contribution in [0.4, 0.5) is 5.82 Å². The lowest BCUT2D eigenvalue weighted by molar-refractivity contribution is -0.111. The Kier molecular flexibility index (Phi) is 3.52. The number of hydrogen-bond acceptors (Lipinski definition) is 2. The van der Waals surface area contributed by atoms with Crippen molar-refractivity contribution in [1.82, 2.24) is 9.78 Å². The van der Waals surface area contributed by atoms with E-state index in [4.69, 9.17) is 11.6 Å². The first-order valence-electron chi connectivity index (χ1n) is 5.81. The first-order chi connectivity index (χ1) is 8.13. The van der Waals surface area contributed by atoms with Gasteiger partial charge in [0.25, 0.3) is 0 Å². The summed E-state index contributed by atoms with van der Waals surface area (Å²) in [6, 6.07) is 0.418. The van der Waals surface area contributed by atoms with Crippen molar-refractivity contribution in [2.45, 2.75) is 38.6 Å². The maximum Gasteiger partial charge on any atom is 0.249 e. The molecule has 1 amide bonds. The molecule has 5 heteroatoms. The molecule has 1 N–H and O–H groups in total. The Bertz CT molecular complexity index is 447. The van der Waals surface area contributed by atoms with Crippen molar-refractivity contribution in [3.8, 4) is 0 Å². The van der Waals surface area contributed by atoms with E-state index in [2.05, 4.69) is 17.0 Å². The zero-order chi connectivity index (χ0) is 12.4. The van der Waals surface area contributed by atoms with E-state index < -0.39 is 0 Å². The van der Waals surface area contributed by atoms with Crippen LogP contribution in [0, 0.1) is 6.92 Å². The quantitative estimate of drug-likeness (QED) is 0.842. The molecule has 1 heterocycles. The molecular formula is C12H16ClN3O. The summed E-state index contributed by atoms with van der Waals surface area (Å²) >= 11 is 6.16. The number of anilines is 1. The Hall–Kier alpha value is -1.29. The lowest BCUT2D eigenvalue weighted by atomic mass is 10.2. The molecule has 0 saturated heterocycles. The van der Waals surface area contributed by atoms with Crippen molar-refractivity contribution in [2.24, 2.45) is 0 Å². The topological polar surface area (TPSA) is 46.9 Å². The van der Waals surface area contributed by atoms with E-state index in [1.165, 1.54) is 18.9 Å². The zero-order valence-electron chi connectivity index (χ0n) is 9.87. The summed E-state index contributed by atoms with van der Waals surface area (Å²) in [6.07, 6.45) is 5.94. The lowest BCUT2D eigenvalue weighted by Gasteiger charge is -2.11. The molecule has 0 bridgehead atoms. The minimum absolute atomic E-state index is 0.289. The van der Waals surface area contributed by atoms with Gasteiger partial charge in [0.2, 0.25) is 5.91 Å². The van der Waals surface area contributed by atoms with Crippen LogP contribution in [-0.4, -0.2) is 15.7 Å². The van der Waals surface area contributed by atoms with E-state index in [-0.39, 0.29) is 5.91 Å². The summed E-state index contributed by atoms with van der Waals surface area (Å²) in [6.45, 7) is 5.33. The van der Waals surface area contributed by atoms with Crippen LogP contribution in [0.1, 0.15) is 37.4 Å². The highest BCUT2D eigenvalue weighted by atomic mass is 35.5. The van der Waals surface area contributed by atoms with Crippen LogP contribution in [0.25, 0.3) is 0 Å². The Morgan fingerprint density at radius 3 is 2.82 bits per heavy atom. The van der Waals surface area contributed by atoms with E-state index >= 15 is 0 Å². The highest BCUT2D eigenvalue weighted by Crippen LogP contribution is 2.34. The second-order valence-electron chi connectivity index (χ2n) is 4.32. The van der Waals surface area contributed by atoms with Gasteiger partial charge in [0.05, 0.1) is 11.7 Å². The van der Waals surface area contributed by atoms with Crippen molar-refractivity contribution in [3.05, 3.63) is 23.4 Å². The second kappa shape index (κ2) is 4.92. The van der Waals surface area contributed by atoms with Crippen molar-refractivity contribution in [2.75, 3.05) is 5.32 Å². The van der Waals surface area contributed by atoms with Crippen LogP contribution in [0.15, 0.2) is 12.7 Å². The first-order valence-corrected chi connectivity index (χ1v) is 6.19. The van der Waals surface area contributed by atoms with Gasteiger partial charge in [-0.15, -0.1) is 0 Å². The van der Waals surface area contributed by atoms with Crippen molar-refractivity contribution in [3.63, 3.8) is 0 Å². The average molecular weight is 254 g/mol. The maximum atomic E-state index is 11.2. The molecule has 0 spiro atoms. The van der Waals surface area contributed by atoms with E-state index in [9.17, 15) is 4.79 Å². The van der Waals surface area contributed by atoms with Crippen LogP contribution in [-0.2, 0) is 4.79 Å². The average Bonchev–Trinajstić information content (AvgIpc) is 2.92. The molecule has 0 atom stereocenters. The van der Waals surface area contributed by atoms with Gasteiger partial charge in [-0.1, -0.05) is 31.0 Å². The lowest BCUT2D eigenvalue weighted by Crippen LogP contribution is -2.11. The van der Waals surface area contributed by atoms with Gasteiger partial charge >= 0.3 is 0 Å². The zero-order valence-corrected chi connectivity index (χ0v) is 10.6. The molecule has 1 saturated carbocycles. The van der Waals surface area contributed by atoms with Gasteiger partial charge in [-0.2, -0.15) is 5.10 Å². The number of hydrogen-bond donors (Lipinski definition) is 1. The van der Waals surface area contributed by atoms with Gasteiger partial charge < -0.3 is 5.32 Å². The largest absolute Gasteiger partial charge is 0.304 e. The van der Waals surface area contributed by atoms with Gasteiger partial charge in [-0.05, 0) is 25.8 Å². The third-order valence-corrected chi connectivity index (χ3v) is 3.63. The normalized spacial score (nSPS) is 16.1. The number of nitrogens with zero attached hydrogens (tertiary/aromatic N) is 2. The van der Waals surface area contributed by atoms with Crippen molar-refractivity contribution in [1.29, 1.82) is 0 Å². The first kappa shape index (κ1) is 12.2. The SMILES string of the molecule is C=CC(=O)Nc1nn(C2CCCC2)c(C)c1Cl. The van der Waals surface area contributed by atoms with Gasteiger partial charge in [0.1, 0.15) is 5.02 Å². The highest BCUT2D eigenvalue weighted by Gasteiger charge is 2.23. The fraction of sp³-hybridized carbons (Fsp3) is 0.500. The van der Waals surface area contributed by atoms with E-state index in [0.717, 1.165) is 18.5 Å². The van der Waals surface area contributed by atoms with Gasteiger partial charge in [-0.25, -0.2) is 0 Å². The van der Waals surface area contributed by atoms with Crippen molar-refractivity contribution >= 4 is 23.3 Å². The molecule has 0 aromatic carbocycles. The molecule has 1 aliphatic rings. The second-order valence-corrected chi connectivity index (χ2v) is 4.70.